The Morgan fingerprint density at radius 2 is 1.90 bits per heavy atom. The Bertz CT molecular complexity index is 1050. The molecule has 3 rings (SSSR count). The topological polar surface area (TPSA) is 95.5 Å². The van der Waals surface area contributed by atoms with Gasteiger partial charge < -0.3 is 5.32 Å². The van der Waals surface area contributed by atoms with Crippen LogP contribution in [0.2, 0.25) is 0 Å². The number of hydrogen-bond acceptors (Lipinski definition) is 5. The van der Waals surface area contributed by atoms with Gasteiger partial charge in [-0.15, -0.1) is 0 Å². The largest absolute Gasteiger partial charge is 0.417 e. The van der Waals surface area contributed by atoms with Crippen LogP contribution in [-0.4, -0.2) is 39.5 Å². The quantitative estimate of drug-likeness (QED) is 0.390. The van der Waals surface area contributed by atoms with E-state index in [1.165, 1.54) is 22.7 Å². The summed E-state index contributed by atoms with van der Waals surface area (Å²) in [6, 6.07) is 8.55. The first-order chi connectivity index (χ1) is 13.7. The van der Waals surface area contributed by atoms with Crippen molar-refractivity contribution >= 4 is 29.3 Å². The Balaban J connectivity index is 0.000000321. The summed E-state index contributed by atoms with van der Waals surface area (Å²) in [5.74, 6) is 0.390. The van der Waals surface area contributed by atoms with Gasteiger partial charge in [0.2, 0.25) is 0 Å². The molecule has 0 saturated carbocycles. The molecule has 0 spiro atoms. The van der Waals surface area contributed by atoms with E-state index in [4.69, 9.17) is 5.41 Å². The number of imidazole rings is 1. The number of fused-ring (bicyclic) bond motifs is 1. The second-order valence-corrected chi connectivity index (χ2v) is 5.99. The Labute approximate surface area is 164 Å². The maximum atomic E-state index is 13.1. The molecule has 0 saturated heterocycles. The number of aldehydes is 1. The van der Waals surface area contributed by atoms with Gasteiger partial charge in [0.05, 0.1) is 17.5 Å². The second kappa shape index (κ2) is 9.09. The third-order valence-corrected chi connectivity index (χ3v) is 3.58. The van der Waals surface area contributed by atoms with E-state index in [9.17, 15) is 18.0 Å². The molecule has 0 fully saturated rings. The van der Waals surface area contributed by atoms with E-state index in [1.807, 2.05) is 0 Å². The number of carbonyl (C=O) groups excluding carboxylic acids is 1. The van der Waals surface area contributed by atoms with Crippen molar-refractivity contribution in [2.45, 2.75) is 20.0 Å². The lowest BCUT2D eigenvalue weighted by molar-refractivity contribution is -0.137. The fourth-order valence-electron chi connectivity index (χ4n) is 2.41. The predicted octanol–water partition coefficient (Wildman–Crippen LogP) is 4.10. The molecule has 0 radical (unpaired) electrons. The molecule has 0 unspecified atom stereocenters. The zero-order chi connectivity index (χ0) is 21.6. The Kier molecular flexibility index (Phi) is 6.81. The molecular formula is C19H19F3N6O. The molecule has 0 aliphatic rings. The van der Waals surface area contributed by atoms with Crippen molar-refractivity contribution in [3.8, 4) is 11.3 Å². The number of amidine groups is 1. The van der Waals surface area contributed by atoms with E-state index in [0.29, 0.717) is 17.8 Å². The van der Waals surface area contributed by atoms with Crippen LogP contribution in [0.25, 0.3) is 16.9 Å². The Morgan fingerprint density at radius 3 is 2.45 bits per heavy atom. The SMILES string of the molecule is CC(C)=NC(=N)C=O.CNc1cnc2ccc(-c3ccccc3C(F)(F)F)nn12. The number of benzene rings is 1. The van der Waals surface area contributed by atoms with Crippen molar-refractivity contribution in [2.24, 2.45) is 4.99 Å². The van der Waals surface area contributed by atoms with E-state index < -0.39 is 11.7 Å². The van der Waals surface area contributed by atoms with Gasteiger partial charge in [0.1, 0.15) is 5.82 Å². The molecule has 10 heteroatoms. The highest BCUT2D eigenvalue weighted by molar-refractivity contribution is 6.28. The summed E-state index contributed by atoms with van der Waals surface area (Å²) in [5.41, 5.74) is 0.866. The number of halogens is 3. The molecular weight excluding hydrogens is 385 g/mol. The van der Waals surface area contributed by atoms with Gasteiger partial charge in [-0.3, -0.25) is 10.2 Å². The van der Waals surface area contributed by atoms with Crippen LogP contribution in [0.15, 0.2) is 47.6 Å². The number of aliphatic imine (C=N–C) groups is 1. The molecule has 0 amide bonds. The monoisotopic (exact) mass is 404 g/mol. The third kappa shape index (κ3) is 5.47. The molecule has 2 N–H and O–H groups in total. The summed E-state index contributed by atoms with van der Waals surface area (Å²) in [4.78, 5) is 17.3. The summed E-state index contributed by atoms with van der Waals surface area (Å²) >= 11 is 0. The molecule has 0 bridgehead atoms. The van der Waals surface area contributed by atoms with Gasteiger partial charge in [-0.25, -0.2) is 9.98 Å². The average Bonchev–Trinajstić information content (AvgIpc) is 3.09. The molecule has 7 nitrogen and oxygen atoms in total. The van der Waals surface area contributed by atoms with Crippen LogP contribution < -0.4 is 5.32 Å². The smallest absolute Gasteiger partial charge is 0.372 e. The first-order valence-corrected chi connectivity index (χ1v) is 8.42. The van der Waals surface area contributed by atoms with Crippen LogP contribution >= 0.6 is 0 Å². The van der Waals surface area contributed by atoms with E-state index in [1.54, 1.807) is 39.2 Å². The van der Waals surface area contributed by atoms with Crippen molar-refractivity contribution in [3.63, 3.8) is 0 Å². The second-order valence-electron chi connectivity index (χ2n) is 5.99. The predicted molar refractivity (Wildman–Crippen MR) is 106 cm³/mol. The van der Waals surface area contributed by atoms with E-state index in [2.05, 4.69) is 20.4 Å². The zero-order valence-corrected chi connectivity index (χ0v) is 15.9. The molecule has 0 aliphatic heterocycles. The molecule has 0 atom stereocenters. The number of aromatic nitrogens is 3. The van der Waals surface area contributed by atoms with E-state index in [-0.39, 0.29) is 17.1 Å². The lowest BCUT2D eigenvalue weighted by Gasteiger charge is -2.12. The van der Waals surface area contributed by atoms with Crippen LogP contribution in [0.3, 0.4) is 0 Å². The number of anilines is 1. The van der Waals surface area contributed by atoms with Crippen LogP contribution in [-0.2, 0) is 11.0 Å². The molecule has 3 aromatic rings. The first kappa shape index (κ1) is 21.7. The maximum Gasteiger partial charge on any atom is 0.417 e. The Hall–Kier alpha value is -3.56. The Morgan fingerprint density at radius 1 is 1.21 bits per heavy atom. The van der Waals surface area contributed by atoms with Crippen LogP contribution in [0.1, 0.15) is 19.4 Å². The first-order valence-electron chi connectivity index (χ1n) is 8.42. The van der Waals surface area contributed by atoms with Gasteiger partial charge >= 0.3 is 6.18 Å². The maximum absolute atomic E-state index is 13.1. The highest BCUT2D eigenvalue weighted by atomic mass is 19.4. The van der Waals surface area contributed by atoms with Gasteiger partial charge in [0, 0.05) is 18.3 Å². The van der Waals surface area contributed by atoms with Gasteiger partial charge in [-0.2, -0.15) is 22.8 Å². The summed E-state index contributed by atoms with van der Waals surface area (Å²) in [5, 5.41) is 13.8. The highest BCUT2D eigenvalue weighted by Gasteiger charge is 2.33. The summed E-state index contributed by atoms with van der Waals surface area (Å²) in [6.07, 6.45) is -2.44. The van der Waals surface area contributed by atoms with Gasteiger partial charge in [-0.05, 0) is 32.0 Å². The minimum atomic E-state index is -4.42. The molecule has 29 heavy (non-hydrogen) atoms. The van der Waals surface area contributed by atoms with E-state index in [0.717, 1.165) is 11.8 Å². The minimum Gasteiger partial charge on any atom is -0.372 e. The van der Waals surface area contributed by atoms with Crippen molar-refractivity contribution in [2.75, 3.05) is 12.4 Å². The fraction of sp³-hybridized carbons (Fsp3) is 0.211. The molecule has 0 aliphatic carbocycles. The van der Waals surface area contributed by atoms with Gasteiger partial charge in [-0.1, -0.05) is 18.2 Å². The van der Waals surface area contributed by atoms with Crippen LogP contribution in [0, 0.1) is 5.41 Å². The molecule has 2 aromatic heterocycles. The number of carbonyl (C=O) groups is 1. The molecule has 152 valence electrons. The number of nitrogens with one attached hydrogen (secondary N) is 2. The normalized spacial score (nSPS) is 10.7. The number of nitrogens with zero attached hydrogens (tertiary/aromatic N) is 4. The third-order valence-electron chi connectivity index (χ3n) is 3.58. The number of rotatable bonds is 3. The molecule has 1 aromatic carbocycles. The summed E-state index contributed by atoms with van der Waals surface area (Å²) in [7, 11) is 1.70. The number of hydrogen-bond donors (Lipinski definition) is 2. The average molecular weight is 404 g/mol. The number of alkyl halides is 3. The van der Waals surface area contributed by atoms with Crippen molar-refractivity contribution in [1.82, 2.24) is 14.6 Å². The summed E-state index contributed by atoms with van der Waals surface area (Å²) < 4.78 is 40.7. The fourth-order valence-corrected chi connectivity index (χ4v) is 2.41. The summed E-state index contributed by atoms with van der Waals surface area (Å²) in [6.45, 7) is 3.47. The van der Waals surface area contributed by atoms with Crippen molar-refractivity contribution in [3.05, 3.63) is 48.2 Å². The minimum absolute atomic E-state index is 0.0441. The standard InChI is InChI=1S/C14H11F3N4.C5H8N2O/c1-18-13-8-19-12-7-6-11(20-21(12)13)9-4-2-3-5-10(9)14(15,16)17;1-4(2)7-5(6)3-8/h2-8,18H,1H3;3,6H,1-2H3. The van der Waals surface area contributed by atoms with Crippen molar-refractivity contribution in [1.29, 1.82) is 5.41 Å². The van der Waals surface area contributed by atoms with Gasteiger partial charge in [0.25, 0.3) is 0 Å². The molecule has 2 heterocycles. The zero-order valence-electron chi connectivity index (χ0n) is 15.9. The van der Waals surface area contributed by atoms with E-state index >= 15 is 0 Å². The van der Waals surface area contributed by atoms with Crippen LogP contribution in [0.5, 0.6) is 0 Å². The lowest BCUT2D eigenvalue weighted by atomic mass is 10.0. The van der Waals surface area contributed by atoms with Gasteiger partial charge in [0.15, 0.2) is 17.8 Å². The highest BCUT2D eigenvalue weighted by Crippen LogP contribution is 2.36. The van der Waals surface area contributed by atoms with Crippen LogP contribution in [0.4, 0.5) is 19.0 Å². The van der Waals surface area contributed by atoms with Crippen molar-refractivity contribution < 1.29 is 18.0 Å². The lowest BCUT2D eigenvalue weighted by Crippen LogP contribution is -2.08.